The lowest BCUT2D eigenvalue weighted by atomic mass is 10.1. The van der Waals surface area contributed by atoms with E-state index in [0.29, 0.717) is 27.9 Å². The summed E-state index contributed by atoms with van der Waals surface area (Å²) >= 11 is 13.5. The van der Waals surface area contributed by atoms with Gasteiger partial charge in [-0.3, -0.25) is 4.79 Å². The van der Waals surface area contributed by atoms with E-state index in [0.717, 1.165) is 21.9 Å². The van der Waals surface area contributed by atoms with Gasteiger partial charge in [0.25, 0.3) is 0 Å². The van der Waals surface area contributed by atoms with Crippen LogP contribution in [0, 0.1) is 0 Å². The van der Waals surface area contributed by atoms with Gasteiger partial charge < -0.3 is 5.32 Å². The zero-order valence-corrected chi connectivity index (χ0v) is 18.7. The molecule has 0 aromatic heterocycles. The third-order valence-electron chi connectivity index (χ3n) is 4.05. The van der Waals surface area contributed by atoms with E-state index < -0.39 is 16.1 Å². The van der Waals surface area contributed by atoms with Crippen LogP contribution in [0.5, 0.6) is 0 Å². The molecule has 0 heterocycles. The number of hydrogen-bond acceptors (Lipinski definition) is 4. The SMILES string of the molecule is CN([C@@H](C(=O)NCCSCc1ccc(Cl)c(Cl)c1)c1ccccc1)S(C)(=O)=O. The predicted octanol–water partition coefficient (Wildman–Crippen LogP) is 3.98. The van der Waals surface area contributed by atoms with E-state index in [1.54, 1.807) is 42.1 Å². The van der Waals surface area contributed by atoms with Gasteiger partial charge in [-0.2, -0.15) is 16.1 Å². The van der Waals surface area contributed by atoms with Gasteiger partial charge in [-0.05, 0) is 23.3 Å². The van der Waals surface area contributed by atoms with E-state index in [2.05, 4.69) is 5.32 Å². The van der Waals surface area contributed by atoms with E-state index in [-0.39, 0.29) is 5.91 Å². The van der Waals surface area contributed by atoms with E-state index in [9.17, 15) is 13.2 Å². The number of likely N-dealkylation sites (N-methyl/N-ethyl adjacent to an activating group) is 1. The van der Waals surface area contributed by atoms with Gasteiger partial charge in [-0.15, -0.1) is 0 Å². The Balaban J connectivity index is 1.92. The van der Waals surface area contributed by atoms with Crippen LogP contribution in [0.4, 0.5) is 0 Å². The number of amides is 1. The molecule has 1 N–H and O–H groups in total. The highest BCUT2D eigenvalue weighted by Crippen LogP contribution is 2.25. The van der Waals surface area contributed by atoms with Crippen molar-refractivity contribution in [2.24, 2.45) is 0 Å². The zero-order chi connectivity index (χ0) is 20.7. The number of nitrogens with zero attached hydrogens (tertiary/aromatic N) is 1. The van der Waals surface area contributed by atoms with E-state index in [4.69, 9.17) is 23.2 Å². The fourth-order valence-electron chi connectivity index (χ4n) is 2.52. The highest BCUT2D eigenvalue weighted by molar-refractivity contribution is 7.98. The predicted molar refractivity (Wildman–Crippen MR) is 117 cm³/mol. The van der Waals surface area contributed by atoms with Gasteiger partial charge in [-0.1, -0.05) is 59.6 Å². The number of thioether (sulfide) groups is 1. The maximum atomic E-state index is 12.7. The van der Waals surface area contributed by atoms with E-state index >= 15 is 0 Å². The van der Waals surface area contributed by atoms with Gasteiger partial charge in [0.15, 0.2) is 0 Å². The van der Waals surface area contributed by atoms with Gasteiger partial charge >= 0.3 is 0 Å². The number of halogens is 2. The van der Waals surface area contributed by atoms with Gasteiger partial charge in [0.2, 0.25) is 15.9 Å². The summed E-state index contributed by atoms with van der Waals surface area (Å²) in [5.74, 6) is 1.06. The lowest BCUT2D eigenvalue weighted by molar-refractivity contribution is -0.124. The summed E-state index contributed by atoms with van der Waals surface area (Å²) in [7, 11) is -2.12. The van der Waals surface area contributed by atoms with Crippen molar-refractivity contribution in [1.82, 2.24) is 9.62 Å². The summed E-state index contributed by atoms with van der Waals surface area (Å²) in [5, 5.41) is 3.86. The molecule has 0 saturated heterocycles. The normalized spacial score (nSPS) is 12.8. The summed E-state index contributed by atoms with van der Waals surface area (Å²) < 4.78 is 25.0. The van der Waals surface area contributed by atoms with Crippen molar-refractivity contribution in [3.05, 3.63) is 69.7 Å². The molecule has 0 bridgehead atoms. The van der Waals surface area contributed by atoms with Crippen LogP contribution in [0.2, 0.25) is 10.0 Å². The Bertz CT molecular complexity index is 909. The quantitative estimate of drug-likeness (QED) is 0.574. The Morgan fingerprint density at radius 2 is 1.82 bits per heavy atom. The first-order valence-corrected chi connectivity index (χ1v) is 12.2. The van der Waals surface area contributed by atoms with Gasteiger partial charge in [0.05, 0.1) is 16.3 Å². The van der Waals surface area contributed by atoms with Crippen LogP contribution in [-0.4, -0.2) is 44.2 Å². The van der Waals surface area contributed by atoms with Crippen LogP contribution >= 0.6 is 35.0 Å². The lowest BCUT2D eigenvalue weighted by Crippen LogP contribution is -2.41. The standard InChI is InChI=1S/C19H22Cl2N2O3S2/c1-23(28(2,25)26)18(15-6-4-3-5-7-15)19(24)22-10-11-27-13-14-8-9-16(20)17(21)12-14/h3-9,12,18H,10-11,13H2,1-2H3,(H,22,24)/t18-/m1/s1. The number of sulfonamides is 1. The molecule has 0 radical (unpaired) electrons. The first kappa shape index (κ1) is 23.0. The molecule has 0 aliphatic heterocycles. The number of nitrogens with one attached hydrogen (secondary N) is 1. The number of benzene rings is 2. The minimum Gasteiger partial charge on any atom is -0.354 e. The molecule has 28 heavy (non-hydrogen) atoms. The number of rotatable bonds is 9. The van der Waals surface area contributed by atoms with Crippen LogP contribution < -0.4 is 5.32 Å². The average molecular weight is 461 g/mol. The smallest absolute Gasteiger partial charge is 0.243 e. The summed E-state index contributed by atoms with van der Waals surface area (Å²) in [6.07, 6.45) is 1.09. The molecule has 0 aliphatic rings. The van der Waals surface area contributed by atoms with Crippen molar-refractivity contribution >= 4 is 50.9 Å². The summed E-state index contributed by atoms with van der Waals surface area (Å²) in [6.45, 7) is 0.422. The molecule has 5 nitrogen and oxygen atoms in total. The third kappa shape index (κ3) is 6.67. The van der Waals surface area contributed by atoms with Crippen molar-refractivity contribution in [1.29, 1.82) is 0 Å². The molecular weight excluding hydrogens is 439 g/mol. The topological polar surface area (TPSA) is 66.5 Å². The maximum absolute atomic E-state index is 12.7. The summed E-state index contributed by atoms with van der Waals surface area (Å²) in [4.78, 5) is 12.7. The second-order valence-corrected chi connectivity index (χ2v) is 10.1. The van der Waals surface area contributed by atoms with Crippen molar-refractivity contribution in [2.45, 2.75) is 11.8 Å². The molecule has 1 atom stereocenters. The monoisotopic (exact) mass is 460 g/mol. The van der Waals surface area contributed by atoms with Crippen molar-refractivity contribution in [2.75, 3.05) is 25.6 Å². The molecule has 2 rings (SSSR count). The fourth-order valence-corrected chi connectivity index (χ4v) is 4.24. The molecule has 1 amide bonds. The second-order valence-electron chi connectivity index (χ2n) is 6.18. The largest absolute Gasteiger partial charge is 0.354 e. The van der Waals surface area contributed by atoms with Crippen molar-refractivity contribution in [3.8, 4) is 0 Å². The van der Waals surface area contributed by atoms with E-state index in [1.165, 1.54) is 7.05 Å². The number of carbonyl (C=O) groups excluding carboxylic acids is 1. The molecule has 152 valence electrons. The van der Waals surface area contributed by atoms with Gasteiger partial charge in [0, 0.05) is 25.1 Å². The molecular formula is C19H22Cl2N2O3S2. The van der Waals surface area contributed by atoms with Crippen LogP contribution in [0.25, 0.3) is 0 Å². The fraction of sp³-hybridized carbons (Fsp3) is 0.316. The number of hydrogen-bond donors (Lipinski definition) is 1. The maximum Gasteiger partial charge on any atom is 0.243 e. The summed E-state index contributed by atoms with van der Waals surface area (Å²) in [5.41, 5.74) is 1.67. The Hall–Kier alpha value is -1.25. The molecule has 2 aromatic rings. The molecule has 0 unspecified atom stereocenters. The Morgan fingerprint density at radius 3 is 2.43 bits per heavy atom. The van der Waals surface area contributed by atoms with Crippen molar-refractivity contribution < 1.29 is 13.2 Å². The van der Waals surface area contributed by atoms with Gasteiger partial charge in [-0.25, -0.2) is 8.42 Å². The molecule has 0 saturated carbocycles. The highest BCUT2D eigenvalue weighted by atomic mass is 35.5. The molecule has 9 heteroatoms. The molecule has 0 spiro atoms. The molecule has 2 aromatic carbocycles. The third-order valence-corrected chi connectivity index (χ3v) is 7.08. The minimum atomic E-state index is -3.53. The van der Waals surface area contributed by atoms with E-state index in [1.807, 2.05) is 18.2 Å². The van der Waals surface area contributed by atoms with Crippen LogP contribution in [-0.2, 0) is 20.6 Å². The van der Waals surface area contributed by atoms with Crippen LogP contribution in [0.15, 0.2) is 48.5 Å². The second kappa shape index (κ2) is 10.5. The average Bonchev–Trinajstić information content (AvgIpc) is 2.64. The first-order chi connectivity index (χ1) is 13.2. The van der Waals surface area contributed by atoms with Gasteiger partial charge in [0.1, 0.15) is 6.04 Å². The number of carbonyl (C=O) groups is 1. The Kier molecular flexibility index (Phi) is 8.64. The van der Waals surface area contributed by atoms with Crippen LogP contribution in [0.1, 0.15) is 17.2 Å². The Labute approximate surface area is 180 Å². The first-order valence-electron chi connectivity index (χ1n) is 8.47. The lowest BCUT2D eigenvalue weighted by Gasteiger charge is -2.25. The van der Waals surface area contributed by atoms with Crippen LogP contribution in [0.3, 0.4) is 0 Å². The minimum absolute atomic E-state index is 0.353. The zero-order valence-electron chi connectivity index (χ0n) is 15.6. The molecule has 0 aliphatic carbocycles. The highest BCUT2D eigenvalue weighted by Gasteiger charge is 2.30. The Morgan fingerprint density at radius 1 is 1.14 bits per heavy atom. The molecule has 0 fully saturated rings. The van der Waals surface area contributed by atoms with Crippen molar-refractivity contribution in [3.63, 3.8) is 0 Å². The summed E-state index contributed by atoms with van der Waals surface area (Å²) in [6, 6.07) is 13.4.